The summed E-state index contributed by atoms with van der Waals surface area (Å²) in [6, 6.07) is 3.22. The maximum Gasteiger partial charge on any atom is 0.150 e. The number of aryl methyl sites for hydroxylation is 1. The molecule has 0 aliphatic heterocycles. The van der Waals surface area contributed by atoms with E-state index in [9.17, 15) is 4.39 Å². The van der Waals surface area contributed by atoms with E-state index in [1.807, 2.05) is 13.0 Å². The van der Waals surface area contributed by atoms with E-state index in [1.165, 1.54) is 13.2 Å². The minimum atomic E-state index is -0.291. The molecule has 1 aromatic heterocycles. The van der Waals surface area contributed by atoms with Gasteiger partial charge in [0.15, 0.2) is 5.82 Å². The Kier molecular flexibility index (Phi) is 2.83. The van der Waals surface area contributed by atoms with Crippen molar-refractivity contribution in [3.8, 4) is 5.75 Å². The third kappa shape index (κ3) is 1.65. The average molecular weight is 222 g/mol. The molecule has 86 valence electrons. The van der Waals surface area contributed by atoms with E-state index in [2.05, 4.69) is 4.98 Å². The molecule has 0 saturated heterocycles. The molecule has 0 radical (unpaired) electrons. The smallest absolute Gasteiger partial charge is 0.150 e. The van der Waals surface area contributed by atoms with E-state index >= 15 is 0 Å². The summed E-state index contributed by atoms with van der Waals surface area (Å²) in [5, 5.41) is 0.861. The van der Waals surface area contributed by atoms with Crippen molar-refractivity contribution in [1.29, 1.82) is 0 Å². The summed E-state index contributed by atoms with van der Waals surface area (Å²) in [6.07, 6.45) is 0.735. The highest BCUT2D eigenvalue weighted by atomic mass is 19.1. The van der Waals surface area contributed by atoms with Crippen LogP contribution in [-0.4, -0.2) is 18.6 Å². The molecule has 0 aliphatic rings. The molecule has 0 amide bonds. The van der Waals surface area contributed by atoms with Gasteiger partial charge in [0.2, 0.25) is 0 Å². The van der Waals surface area contributed by atoms with E-state index in [0.29, 0.717) is 17.8 Å². The molecule has 1 aromatic carbocycles. The maximum absolute atomic E-state index is 13.7. The molecule has 2 rings (SSSR count). The monoisotopic (exact) mass is 222 g/mol. The third-order valence-electron chi connectivity index (χ3n) is 2.78. The molecular weight excluding hydrogens is 207 g/mol. The lowest BCUT2D eigenvalue weighted by Crippen LogP contribution is -2.03. The van der Waals surface area contributed by atoms with Crippen LogP contribution in [0.3, 0.4) is 0 Å². The lowest BCUT2D eigenvalue weighted by atomic mass is 10.1. The first-order valence-corrected chi connectivity index (χ1v) is 5.22. The second-order valence-corrected chi connectivity index (χ2v) is 3.80. The molecular formula is C12H15FN2O. The van der Waals surface area contributed by atoms with E-state index in [0.717, 1.165) is 23.1 Å². The molecule has 0 saturated carbocycles. The minimum Gasteiger partial charge on any atom is -0.497 e. The molecule has 16 heavy (non-hydrogen) atoms. The van der Waals surface area contributed by atoms with Gasteiger partial charge in [0.25, 0.3) is 0 Å². The Morgan fingerprint density at radius 1 is 1.44 bits per heavy atom. The molecule has 0 spiro atoms. The first-order valence-electron chi connectivity index (χ1n) is 5.22. The predicted molar refractivity (Wildman–Crippen MR) is 62.3 cm³/mol. The van der Waals surface area contributed by atoms with Crippen LogP contribution in [0.1, 0.15) is 11.3 Å². The van der Waals surface area contributed by atoms with Gasteiger partial charge in [-0.05, 0) is 31.5 Å². The van der Waals surface area contributed by atoms with Gasteiger partial charge in [0.1, 0.15) is 5.75 Å². The number of ether oxygens (including phenoxy) is 1. The molecule has 0 atom stereocenters. The standard InChI is InChI=1S/C12H15FN2O/c1-7-9(3-4-14)10-5-8(16-2)6-11(13)12(10)15-7/h5-6,15H,3-4,14H2,1-2H3. The Hall–Kier alpha value is -1.55. The predicted octanol–water partition coefficient (Wildman–Crippen LogP) is 2.13. The summed E-state index contributed by atoms with van der Waals surface area (Å²) in [4.78, 5) is 3.05. The van der Waals surface area contributed by atoms with Gasteiger partial charge in [-0.2, -0.15) is 0 Å². The molecule has 3 nitrogen and oxygen atoms in total. The zero-order chi connectivity index (χ0) is 11.7. The van der Waals surface area contributed by atoms with Crippen LogP contribution in [0, 0.1) is 12.7 Å². The second-order valence-electron chi connectivity index (χ2n) is 3.80. The van der Waals surface area contributed by atoms with Gasteiger partial charge in [-0.25, -0.2) is 4.39 Å². The lowest BCUT2D eigenvalue weighted by molar-refractivity contribution is 0.412. The van der Waals surface area contributed by atoms with Crippen LogP contribution < -0.4 is 10.5 Å². The van der Waals surface area contributed by atoms with Gasteiger partial charge >= 0.3 is 0 Å². The number of nitrogens with two attached hydrogens (primary N) is 1. The fourth-order valence-corrected chi connectivity index (χ4v) is 2.00. The van der Waals surface area contributed by atoms with Crippen molar-refractivity contribution in [1.82, 2.24) is 4.98 Å². The Labute approximate surface area is 93.4 Å². The van der Waals surface area contributed by atoms with E-state index in [-0.39, 0.29) is 5.82 Å². The Morgan fingerprint density at radius 2 is 2.19 bits per heavy atom. The first kappa shape index (κ1) is 11.0. The highest BCUT2D eigenvalue weighted by Gasteiger charge is 2.12. The molecule has 2 aromatic rings. The van der Waals surface area contributed by atoms with Gasteiger partial charge in [0.05, 0.1) is 12.6 Å². The summed E-state index contributed by atoms with van der Waals surface area (Å²) in [7, 11) is 1.53. The van der Waals surface area contributed by atoms with Crippen LogP contribution in [-0.2, 0) is 6.42 Å². The summed E-state index contributed by atoms with van der Waals surface area (Å²) >= 11 is 0. The molecule has 4 heteroatoms. The van der Waals surface area contributed by atoms with Crippen molar-refractivity contribution < 1.29 is 9.13 Å². The Morgan fingerprint density at radius 3 is 2.81 bits per heavy atom. The first-order chi connectivity index (χ1) is 7.67. The number of hydrogen-bond acceptors (Lipinski definition) is 2. The number of methoxy groups -OCH3 is 1. The SMILES string of the molecule is COc1cc(F)c2[nH]c(C)c(CCN)c2c1. The van der Waals surface area contributed by atoms with Gasteiger partial charge in [-0.3, -0.25) is 0 Å². The van der Waals surface area contributed by atoms with Crippen molar-refractivity contribution in [2.45, 2.75) is 13.3 Å². The molecule has 3 N–H and O–H groups in total. The second kappa shape index (κ2) is 4.14. The van der Waals surface area contributed by atoms with E-state index in [1.54, 1.807) is 0 Å². The molecule has 0 aliphatic carbocycles. The Balaban J connectivity index is 2.70. The number of halogens is 1. The quantitative estimate of drug-likeness (QED) is 0.835. The topological polar surface area (TPSA) is 51.0 Å². The maximum atomic E-state index is 13.7. The number of aromatic amines is 1. The van der Waals surface area contributed by atoms with Crippen LogP contribution >= 0.6 is 0 Å². The minimum absolute atomic E-state index is 0.291. The highest BCUT2D eigenvalue weighted by Crippen LogP contribution is 2.28. The van der Waals surface area contributed by atoms with Gasteiger partial charge in [-0.15, -0.1) is 0 Å². The zero-order valence-corrected chi connectivity index (χ0v) is 9.43. The molecule has 0 bridgehead atoms. The summed E-state index contributed by atoms with van der Waals surface area (Å²) in [6.45, 7) is 2.48. The summed E-state index contributed by atoms with van der Waals surface area (Å²) in [5.41, 5.74) is 8.11. The number of H-pyrrole nitrogens is 1. The number of hydrogen-bond donors (Lipinski definition) is 2. The van der Waals surface area contributed by atoms with Crippen LogP contribution in [0.25, 0.3) is 10.9 Å². The molecule has 1 heterocycles. The highest BCUT2D eigenvalue weighted by molar-refractivity contribution is 5.86. The summed E-state index contributed by atoms with van der Waals surface area (Å²) in [5.74, 6) is 0.239. The van der Waals surface area contributed by atoms with E-state index in [4.69, 9.17) is 10.5 Å². The van der Waals surface area contributed by atoms with Crippen molar-refractivity contribution in [3.63, 3.8) is 0 Å². The van der Waals surface area contributed by atoms with Crippen LogP contribution in [0.15, 0.2) is 12.1 Å². The number of aromatic nitrogens is 1. The van der Waals surface area contributed by atoms with Crippen LogP contribution in [0.2, 0.25) is 0 Å². The van der Waals surface area contributed by atoms with Gasteiger partial charge in [0, 0.05) is 17.1 Å². The van der Waals surface area contributed by atoms with Crippen LogP contribution in [0.4, 0.5) is 4.39 Å². The summed E-state index contributed by atoms with van der Waals surface area (Å²) < 4.78 is 18.8. The van der Waals surface area contributed by atoms with Crippen molar-refractivity contribution in [2.75, 3.05) is 13.7 Å². The number of fused-ring (bicyclic) bond motifs is 1. The van der Waals surface area contributed by atoms with Crippen molar-refractivity contribution >= 4 is 10.9 Å². The fraction of sp³-hybridized carbons (Fsp3) is 0.333. The molecule has 0 unspecified atom stereocenters. The van der Waals surface area contributed by atoms with Gasteiger partial charge < -0.3 is 15.5 Å². The Bertz CT molecular complexity index is 519. The average Bonchev–Trinajstić information content (AvgIpc) is 2.58. The fourth-order valence-electron chi connectivity index (χ4n) is 2.00. The normalized spacial score (nSPS) is 11.0. The number of benzene rings is 1. The third-order valence-corrected chi connectivity index (χ3v) is 2.78. The van der Waals surface area contributed by atoms with Crippen molar-refractivity contribution in [2.24, 2.45) is 5.73 Å². The lowest BCUT2D eigenvalue weighted by Gasteiger charge is -2.02. The van der Waals surface area contributed by atoms with Crippen molar-refractivity contribution in [3.05, 3.63) is 29.2 Å². The largest absolute Gasteiger partial charge is 0.497 e. The number of rotatable bonds is 3. The van der Waals surface area contributed by atoms with E-state index < -0.39 is 0 Å². The number of nitrogens with one attached hydrogen (secondary N) is 1. The van der Waals surface area contributed by atoms with Crippen LogP contribution in [0.5, 0.6) is 5.75 Å². The zero-order valence-electron chi connectivity index (χ0n) is 9.43. The van der Waals surface area contributed by atoms with Gasteiger partial charge in [-0.1, -0.05) is 0 Å². The molecule has 0 fully saturated rings.